The van der Waals surface area contributed by atoms with Gasteiger partial charge in [-0.1, -0.05) is 6.92 Å². The van der Waals surface area contributed by atoms with Gasteiger partial charge in [0.25, 0.3) is 0 Å². The maximum Gasteiger partial charge on any atom is 0.308 e. The predicted octanol–water partition coefficient (Wildman–Crippen LogP) is 1.66. The van der Waals surface area contributed by atoms with E-state index in [0.717, 1.165) is 19.5 Å². The molecule has 2 aliphatic rings. The summed E-state index contributed by atoms with van der Waals surface area (Å²) in [6.07, 6.45) is 4.50. The Balaban J connectivity index is 1.94. The highest BCUT2D eigenvalue weighted by atomic mass is 16.4. The van der Waals surface area contributed by atoms with Crippen LogP contribution in [0.4, 0.5) is 0 Å². The van der Waals surface area contributed by atoms with Crippen molar-refractivity contribution in [2.45, 2.75) is 51.6 Å². The van der Waals surface area contributed by atoms with Gasteiger partial charge in [-0.15, -0.1) is 0 Å². The van der Waals surface area contributed by atoms with E-state index in [-0.39, 0.29) is 12.0 Å². The van der Waals surface area contributed by atoms with Gasteiger partial charge in [0.15, 0.2) is 0 Å². The fourth-order valence-corrected chi connectivity index (χ4v) is 3.60. The Bertz CT molecular complexity index is 296. The third-order valence-corrected chi connectivity index (χ3v) is 4.83. The van der Waals surface area contributed by atoms with E-state index >= 15 is 0 Å². The molecule has 0 bridgehead atoms. The molecule has 2 heterocycles. The number of hydrogen-bond acceptors (Lipinski definition) is 3. The molecule has 2 rings (SSSR count). The van der Waals surface area contributed by atoms with E-state index in [4.69, 9.17) is 0 Å². The van der Waals surface area contributed by atoms with Gasteiger partial charge < -0.3 is 10.0 Å². The van der Waals surface area contributed by atoms with Crippen molar-refractivity contribution in [2.75, 3.05) is 26.2 Å². The Morgan fingerprint density at radius 1 is 1.22 bits per heavy atom. The van der Waals surface area contributed by atoms with Gasteiger partial charge in [-0.25, -0.2) is 0 Å². The van der Waals surface area contributed by atoms with Crippen molar-refractivity contribution in [3.05, 3.63) is 0 Å². The van der Waals surface area contributed by atoms with Gasteiger partial charge in [-0.05, 0) is 58.8 Å². The number of carboxylic acid groups (broad SMARTS) is 1. The topological polar surface area (TPSA) is 43.8 Å². The summed E-state index contributed by atoms with van der Waals surface area (Å²) in [4.78, 5) is 16.1. The van der Waals surface area contributed by atoms with Gasteiger partial charge in [0.2, 0.25) is 0 Å². The lowest BCUT2D eigenvalue weighted by molar-refractivity contribution is -0.142. The van der Waals surface area contributed by atoms with Gasteiger partial charge in [0.1, 0.15) is 0 Å². The molecule has 3 unspecified atom stereocenters. The average molecular weight is 254 g/mol. The third kappa shape index (κ3) is 2.86. The summed E-state index contributed by atoms with van der Waals surface area (Å²) >= 11 is 0. The number of carbonyl (C=O) groups is 1. The van der Waals surface area contributed by atoms with E-state index < -0.39 is 5.97 Å². The zero-order chi connectivity index (χ0) is 13.1. The molecule has 0 aliphatic carbocycles. The Hall–Kier alpha value is -0.610. The number of nitrogens with zero attached hydrogens (tertiary/aromatic N) is 2. The first-order chi connectivity index (χ1) is 8.63. The van der Waals surface area contributed by atoms with Gasteiger partial charge in [0, 0.05) is 12.1 Å². The molecular weight excluding hydrogens is 228 g/mol. The number of carboxylic acids is 1. The van der Waals surface area contributed by atoms with Crippen molar-refractivity contribution in [1.29, 1.82) is 0 Å². The van der Waals surface area contributed by atoms with E-state index in [1.165, 1.54) is 32.4 Å². The van der Waals surface area contributed by atoms with Crippen molar-refractivity contribution >= 4 is 5.97 Å². The molecule has 3 atom stereocenters. The van der Waals surface area contributed by atoms with Crippen LogP contribution >= 0.6 is 0 Å². The highest BCUT2D eigenvalue weighted by Crippen LogP contribution is 2.30. The van der Waals surface area contributed by atoms with Crippen LogP contribution in [0.2, 0.25) is 0 Å². The van der Waals surface area contributed by atoms with Crippen LogP contribution in [0.25, 0.3) is 0 Å². The molecule has 104 valence electrons. The molecule has 0 aromatic rings. The SMILES string of the molecule is CCN1CCCC(N2CCC(C(=O)O)C2C)CC1. The Kier molecular flexibility index (Phi) is 4.62. The number of aliphatic carboxylic acids is 1. The molecule has 2 saturated heterocycles. The largest absolute Gasteiger partial charge is 0.481 e. The summed E-state index contributed by atoms with van der Waals surface area (Å²) in [5.74, 6) is -0.774. The standard InChI is InChI=1S/C14H26N2O2/c1-3-15-8-4-5-12(6-9-15)16-10-7-13(11(16)2)14(17)18/h11-13H,3-10H2,1-2H3,(H,17,18). The minimum absolute atomic E-state index is 0.157. The van der Waals surface area contributed by atoms with E-state index in [1.54, 1.807) is 0 Å². The quantitative estimate of drug-likeness (QED) is 0.832. The van der Waals surface area contributed by atoms with Crippen molar-refractivity contribution in [3.63, 3.8) is 0 Å². The molecule has 18 heavy (non-hydrogen) atoms. The second-order valence-corrected chi connectivity index (χ2v) is 5.73. The summed E-state index contributed by atoms with van der Waals surface area (Å²) in [5.41, 5.74) is 0. The maximum absolute atomic E-state index is 11.2. The Labute approximate surface area is 110 Å². The molecule has 2 fully saturated rings. The molecule has 0 amide bonds. The molecule has 1 N–H and O–H groups in total. The van der Waals surface area contributed by atoms with E-state index in [2.05, 4.69) is 23.6 Å². The highest BCUT2D eigenvalue weighted by molar-refractivity contribution is 5.71. The zero-order valence-electron chi connectivity index (χ0n) is 11.6. The van der Waals surface area contributed by atoms with Gasteiger partial charge in [0.05, 0.1) is 5.92 Å². The van der Waals surface area contributed by atoms with Gasteiger partial charge in [-0.2, -0.15) is 0 Å². The lowest BCUT2D eigenvalue weighted by Crippen LogP contribution is -2.41. The molecule has 0 radical (unpaired) electrons. The molecule has 0 aromatic heterocycles. The van der Waals surface area contributed by atoms with Crippen molar-refractivity contribution in [2.24, 2.45) is 5.92 Å². The summed E-state index contributed by atoms with van der Waals surface area (Å²) in [6, 6.07) is 0.807. The third-order valence-electron chi connectivity index (χ3n) is 4.83. The number of hydrogen-bond donors (Lipinski definition) is 1. The normalized spacial score (nSPS) is 35.6. The van der Waals surface area contributed by atoms with E-state index in [9.17, 15) is 9.90 Å². The fourth-order valence-electron chi connectivity index (χ4n) is 3.60. The van der Waals surface area contributed by atoms with Gasteiger partial charge >= 0.3 is 5.97 Å². The molecule has 4 nitrogen and oxygen atoms in total. The molecule has 0 spiro atoms. The van der Waals surface area contributed by atoms with Crippen LogP contribution < -0.4 is 0 Å². The zero-order valence-corrected chi connectivity index (χ0v) is 11.6. The van der Waals surface area contributed by atoms with E-state index in [1.807, 2.05) is 0 Å². The first kappa shape index (κ1) is 13.8. The van der Waals surface area contributed by atoms with Crippen molar-refractivity contribution < 1.29 is 9.90 Å². The second-order valence-electron chi connectivity index (χ2n) is 5.73. The van der Waals surface area contributed by atoms with Crippen LogP contribution in [0.15, 0.2) is 0 Å². The molecule has 4 heteroatoms. The first-order valence-corrected chi connectivity index (χ1v) is 7.34. The molecular formula is C14H26N2O2. The van der Waals surface area contributed by atoms with Crippen molar-refractivity contribution in [1.82, 2.24) is 9.80 Å². The molecule has 0 saturated carbocycles. The second kappa shape index (κ2) is 6.02. The molecule has 0 aromatic carbocycles. The van der Waals surface area contributed by atoms with Crippen LogP contribution in [-0.4, -0.2) is 59.1 Å². The Morgan fingerprint density at radius 2 is 2.00 bits per heavy atom. The highest BCUT2D eigenvalue weighted by Gasteiger charge is 2.38. The average Bonchev–Trinajstić information content (AvgIpc) is 2.60. The Morgan fingerprint density at radius 3 is 2.61 bits per heavy atom. The predicted molar refractivity (Wildman–Crippen MR) is 71.7 cm³/mol. The maximum atomic E-state index is 11.2. The van der Waals surface area contributed by atoms with E-state index in [0.29, 0.717) is 6.04 Å². The summed E-state index contributed by atoms with van der Waals surface area (Å²) in [7, 11) is 0. The summed E-state index contributed by atoms with van der Waals surface area (Å²) < 4.78 is 0. The van der Waals surface area contributed by atoms with Crippen LogP contribution in [0.5, 0.6) is 0 Å². The minimum atomic E-state index is -0.617. The van der Waals surface area contributed by atoms with Crippen LogP contribution in [0, 0.1) is 5.92 Å². The monoisotopic (exact) mass is 254 g/mol. The van der Waals surface area contributed by atoms with Crippen molar-refractivity contribution in [3.8, 4) is 0 Å². The molecule has 2 aliphatic heterocycles. The van der Waals surface area contributed by atoms with Crippen LogP contribution in [-0.2, 0) is 4.79 Å². The first-order valence-electron chi connectivity index (χ1n) is 7.34. The van der Waals surface area contributed by atoms with Crippen LogP contribution in [0.1, 0.15) is 39.5 Å². The summed E-state index contributed by atoms with van der Waals surface area (Å²) in [5, 5.41) is 9.20. The van der Waals surface area contributed by atoms with Gasteiger partial charge in [-0.3, -0.25) is 9.69 Å². The van der Waals surface area contributed by atoms with Crippen LogP contribution in [0.3, 0.4) is 0 Å². The lowest BCUT2D eigenvalue weighted by atomic mass is 10.0. The summed E-state index contributed by atoms with van der Waals surface area (Å²) in [6.45, 7) is 8.79. The minimum Gasteiger partial charge on any atom is -0.481 e. The lowest BCUT2D eigenvalue weighted by Gasteiger charge is -2.31. The fraction of sp³-hybridized carbons (Fsp3) is 0.929. The number of likely N-dealkylation sites (tertiary alicyclic amines) is 2. The number of rotatable bonds is 3. The smallest absolute Gasteiger partial charge is 0.308 e.